The van der Waals surface area contributed by atoms with Gasteiger partial charge < -0.3 is 15.1 Å². The molecule has 242 valence electrons. The molecule has 0 radical (unpaired) electrons. The maximum atomic E-state index is 14.3. The number of alkyl halides is 3. The van der Waals surface area contributed by atoms with E-state index < -0.39 is 102 Å². The van der Waals surface area contributed by atoms with E-state index in [0.29, 0.717) is 23.5 Å². The topological polar surface area (TPSA) is 214 Å². The van der Waals surface area contributed by atoms with Crippen LogP contribution in [0.3, 0.4) is 0 Å². The van der Waals surface area contributed by atoms with E-state index >= 15 is 0 Å². The Hall–Kier alpha value is -2.18. The molecule has 1 heterocycles. The van der Waals surface area contributed by atoms with Gasteiger partial charge in [-0.15, -0.1) is 0 Å². The highest BCUT2D eigenvalue weighted by Crippen LogP contribution is 2.43. The van der Waals surface area contributed by atoms with E-state index in [1.54, 1.807) is 4.90 Å². The molecule has 1 aliphatic heterocycles. The lowest BCUT2D eigenvalue weighted by atomic mass is 10.1. The van der Waals surface area contributed by atoms with Gasteiger partial charge in [0.1, 0.15) is 4.90 Å². The van der Waals surface area contributed by atoms with Gasteiger partial charge in [-0.1, -0.05) is 0 Å². The molecule has 2 rings (SSSR count). The zero-order chi connectivity index (χ0) is 32.1. The smallest absolute Gasteiger partial charge is 0.394 e. The average molecular weight is 673 g/mol. The third kappa shape index (κ3) is 10.5. The van der Waals surface area contributed by atoms with Crippen molar-refractivity contribution in [3.63, 3.8) is 0 Å². The number of hydrogen-bond acceptors (Lipinski definition) is 14. The Morgan fingerprint density at radius 3 is 1.90 bits per heavy atom. The number of aliphatic hydroxyl groups is 2. The SMILES string of the molecule is CS(=O)(=O)OCCN(CCOS(C)(=O)=O)c1c(C(F)(F)F)cc([N+](=O)[O-])cc1S(=O)(=O)N1CCN(CC(O)CO)CC1. The number of nitrogens with zero attached hydrogens (tertiary/aromatic N) is 4. The van der Waals surface area contributed by atoms with Crippen molar-refractivity contribution >= 4 is 41.6 Å². The number of anilines is 1. The Morgan fingerprint density at radius 2 is 1.50 bits per heavy atom. The van der Waals surface area contributed by atoms with E-state index in [2.05, 4.69) is 8.37 Å². The van der Waals surface area contributed by atoms with E-state index in [-0.39, 0.29) is 38.8 Å². The van der Waals surface area contributed by atoms with Crippen molar-refractivity contribution < 1.29 is 61.9 Å². The number of β-amino-alcohol motifs (C(OH)–C–C–N with tert-alkyl or cyclic N) is 1. The van der Waals surface area contributed by atoms with Crippen LogP contribution in [0.5, 0.6) is 0 Å². The summed E-state index contributed by atoms with van der Waals surface area (Å²) in [5, 5.41) is 30.2. The second-order valence-electron chi connectivity index (χ2n) is 9.18. The molecular formula is C20H31F3N4O12S3. The first-order chi connectivity index (χ1) is 19.2. The molecule has 1 aromatic rings. The lowest BCUT2D eigenvalue weighted by Gasteiger charge is -2.36. The number of sulfonamides is 1. The van der Waals surface area contributed by atoms with E-state index in [0.717, 1.165) is 4.31 Å². The van der Waals surface area contributed by atoms with Crippen LogP contribution in [0.1, 0.15) is 5.56 Å². The summed E-state index contributed by atoms with van der Waals surface area (Å²) in [7, 11) is -13.1. The largest absolute Gasteiger partial charge is 0.418 e. The summed E-state index contributed by atoms with van der Waals surface area (Å²) in [5.74, 6) is 0. The molecule has 0 bridgehead atoms. The Bertz CT molecular complexity index is 1390. The zero-order valence-electron chi connectivity index (χ0n) is 22.4. The van der Waals surface area contributed by atoms with E-state index in [4.69, 9.17) is 5.11 Å². The minimum Gasteiger partial charge on any atom is -0.394 e. The molecule has 2 N–H and O–H groups in total. The molecule has 16 nitrogen and oxygen atoms in total. The van der Waals surface area contributed by atoms with Crippen LogP contribution < -0.4 is 4.90 Å². The quantitative estimate of drug-likeness (QED) is 0.130. The summed E-state index contributed by atoms with van der Waals surface area (Å²) < 4.78 is 126. The van der Waals surface area contributed by atoms with Crippen molar-refractivity contribution in [2.45, 2.75) is 17.2 Å². The average Bonchev–Trinajstić information content (AvgIpc) is 2.85. The Kier molecular flexibility index (Phi) is 12.1. The van der Waals surface area contributed by atoms with Crippen LogP contribution in [0.4, 0.5) is 24.5 Å². The summed E-state index contributed by atoms with van der Waals surface area (Å²) >= 11 is 0. The molecule has 1 aromatic carbocycles. The van der Waals surface area contributed by atoms with Crippen LogP contribution in [-0.2, 0) is 44.8 Å². The summed E-state index contributed by atoms with van der Waals surface area (Å²) in [6.45, 7) is -4.20. The lowest BCUT2D eigenvalue weighted by molar-refractivity contribution is -0.385. The van der Waals surface area contributed by atoms with Crippen molar-refractivity contribution in [1.82, 2.24) is 9.21 Å². The summed E-state index contributed by atoms with van der Waals surface area (Å²) in [6.07, 6.45) is -5.17. The van der Waals surface area contributed by atoms with Gasteiger partial charge in [0.25, 0.3) is 25.9 Å². The molecule has 0 amide bonds. The van der Waals surface area contributed by atoms with Crippen LogP contribution >= 0.6 is 0 Å². The highest BCUT2D eigenvalue weighted by atomic mass is 32.2. The van der Waals surface area contributed by atoms with Crippen LogP contribution in [0.25, 0.3) is 0 Å². The molecule has 0 saturated carbocycles. The first-order valence-electron chi connectivity index (χ1n) is 12.0. The maximum Gasteiger partial charge on any atom is 0.418 e. The van der Waals surface area contributed by atoms with Gasteiger partial charge >= 0.3 is 6.18 Å². The summed E-state index contributed by atoms with van der Waals surface area (Å²) in [5.41, 5.74) is -4.05. The van der Waals surface area contributed by atoms with Crippen LogP contribution in [0.15, 0.2) is 17.0 Å². The van der Waals surface area contributed by atoms with Gasteiger partial charge in [-0.25, -0.2) is 8.42 Å². The van der Waals surface area contributed by atoms with Crippen LogP contribution in [-0.4, -0.2) is 134 Å². The molecule has 0 aliphatic carbocycles. The number of hydrogen-bond donors (Lipinski definition) is 2. The summed E-state index contributed by atoms with van der Waals surface area (Å²) in [4.78, 5) is 11.5. The predicted molar refractivity (Wildman–Crippen MR) is 140 cm³/mol. The highest BCUT2D eigenvalue weighted by molar-refractivity contribution is 7.89. The molecule has 42 heavy (non-hydrogen) atoms. The number of aliphatic hydroxyl groups excluding tert-OH is 2. The number of benzene rings is 1. The van der Waals surface area contributed by atoms with E-state index in [1.807, 2.05) is 0 Å². The fourth-order valence-corrected chi connectivity index (χ4v) is 6.45. The highest BCUT2D eigenvalue weighted by Gasteiger charge is 2.42. The third-order valence-electron chi connectivity index (χ3n) is 5.84. The Morgan fingerprint density at radius 1 is 1.00 bits per heavy atom. The molecule has 1 fully saturated rings. The molecule has 1 aliphatic rings. The molecule has 1 unspecified atom stereocenters. The molecule has 0 aromatic heterocycles. The monoisotopic (exact) mass is 672 g/mol. The molecule has 0 spiro atoms. The van der Waals surface area contributed by atoms with Crippen LogP contribution in [0, 0.1) is 10.1 Å². The standard InChI is InChI=1S/C20H31F3N4O12S3/c1-40(32,33)38-9-7-25(8-10-39-41(2,34)35)19-17(20(21,22)23)11-15(27(30)31)12-18(19)42(36,37)26-5-3-24(4-6-26)13-16(29)14-28/h11-12,16,28-29H,3-10,13-14H2,1-2H3. The van der Waals surface area contributed by atoms with Crippen molar-refractivity contribution in [2.24, 2.45) is 0 Å². The van der Waals surface area contributed by atoms with Gasteiger partial charge in [0, 0.05) is 57.9 Å². The lowest BCUT2D eigenvalue weighted by Crippen LogP contribution is -2.50. The van der Waals surface area contributed by atoms with Crippen LogP contribution in [0.2, 0.25) is 0 Å². The van der Waals surface area contributed by atoms with Gasteiger partial charge in [0.15, 0.2) is 0 Å². The van der Waals surface area contributed by atoms with Gasteiger partial charge in [-0.05, 0) is 0 Å². The first-order valence-corrected chi connectivity index (χ1v) is 17.1. The predicted octanol–water partition coefficient (Wildman–Crippen LogP) is -0.968. The van der Waals surface area contributed by atoms with E-state index in [1.165, 1.54) is 0 Å². The molecular weight excluding hydrogens is 641 g/mol. The second-order valence-corrected chi connectivity index (χ2v) is 14.4. The minimum absolute atomic E-state index is 0.000785. The van der Waals surface area contributed by atoms with Gasteiger partial charge in [-0.2, -0.15) is 34.3 Å². The number of halogens is 3. The van der Waals surface area contributed by atoms with Gasteiger partial charge in [0.05, 0.1) is 54.6 Å². The first kappa shape index (κ1) is 36.0. The number of nitro benzene ring substituents is 1. The minimum atomic E-state index is -5.36. The van der Waals surface area contributed by atoms with Crippen molar-refractivity contribution in [2.75, 3.05) is 83.0 Å². The van der Waals surface area contributed by atoms with Gasteiger partial charge in [0.2, 0.25) is 10.0 Å². The van der Waals surface area contributed by atoms with Crippen molar-refractivity contribution in [3.05, 3.63) is 27.8 Å². The van der Waals surface area contributed by atoms with E-state index in [9.17, 15) is 53.6 Å². The van der Waals surface area contributed by atoms with Gasteiger partial charge in [-0.3, -0.25) is 23.4 Å². The normalized spacial score (nSPS) is 16.8. The molecule has 1 saturated heterocycles. The fourth-order valence-electron chi connectivity index (χ4n) is 4.02. The Balaban J connectivity index is 2.69. The number of nitro groups is 1. The third-order valence-corrected chi connectivity index (χ3v) is 8.94. The molecule has 22 heteroatoms. The number of rotatable bonds is 15. The Labute approximate surface area is 240 Å². The molecule has 1 atom stereocenters. The second kappa shape index (κ2) is 14.1. The number of piperazine rings is 1. The maximum absolute atomic E-state index is 14.3. The zero-order valence-corrected chi connectivity index (χ0v) is 24.9. The van der Waals surface area contributed by atoms with Crippen molar-refractivity contribution in [3.8, 4) is 0 Å². The number of non-ortho nitro benzene ring substituents is 1. The fraction of sp³-hybridized carbons (Fsp3) is 0.700. The van der Waals surface area contributed by atoms with Crippen molar-refractivity contribution in [1.29, 1.82) is 0 Å². The summed E-state index contributed by atoms with van der Waals surface area (Å²) in [6, 6.07) is 0.550.